The molecule has 0 aromatic carbocycles. The summed E-state index contributed by atoms with van der Waals surface area (Å²) in [6.45, 7) is 2.83. The maximum atomic E-state index is 5.18. The molecule has 0 radical (unpaired) electrons. The molecule has 2 N–H and O–H groups in total. The van der Waals surface area contributed by atoms with Gasteiger partial charge in [0.05, 0.1) is 0 Å². The first-order valence-corrected chi connectivity index (χ1v) is 2.77. The van der Waals surface area contributed by atoms with E-state index >= 15 is 0 Å². The van der Waals surface area contributed by atoms with Crippen LogP contribution in [0.4, 0.5) is 0 Å². The first-order valence-electron chi connectivity index (χ1n) is 2.77. The minimum Gasteiger partial charge on any atom is -0.327 e. The van der Waals surface area contributed by atoms with Gasteiger partial charge in [-0.3, -0.25) is 0 Å². The van der Waals surface area contributed by atoms with E-state index in [9.17, 15) is 0 Å². The van der Waals surface area contributed by atoms with Gasteiger partial charge in [0.1, 0.15) is 0 Å². The number of rotatable bonds is 3. The molecule has 0 rings (SSSR count). The molecule has 0 saturated heterocycles. The van der Waals surface area contributed by atoms with E-state index < -0.39 is 0 Å². The van der Waals surface area contributed by atoms with Gasteiger partial charge >= 0.3 is 0 Å². The maximum Gasteiger partial charge on any atom is 0.0106 e. The van der Waals surface area contributed by atoms with Crippen molar-refractivity contribution in [3.05, 3.63) is 12.2 Å². The van der Waals surface area contributed by atoms with Gasteiger partial charge in [-0.25, -0.2) is 0 Å². The van der Waals surface area contributed by atoms with Crippen molar-refractivity contribution in [2.75, 3.05) is 6.54 Å². The van der Waals surface area contributed by atoms with Crippen LogP contribution >= 0.6 is 12.4 Å². The molecule has 0 aromatic heterocycles. The lowest BCUT2D eigenvalue weighted by molar-refractivity contribution is 0.954. The molecule has 0 aliphatic rings. The lowest BCUT2D eigenvalue weighted by Crippen LogP contribution is -1.91. The molecule has 0 aliphatic carbocycles. The van der Waals surface area contributed by atoms with Crippen LogP contribution in [-0.2, 0) is 0 Å². The molecule has 0 aromatic rings. The number of allylic oxidation sites excluding steroid dienone is 1. The smallest absolute Gasteiger partial charge is 0.0106 e. The first kappa shape index (κ1) is 10.9. The van der Waals surface area contributed by atoms with Gasteiger partial charge in [0.2, 0.25) is 0 Å². The summed E-state index contributed by atoms with van der Waals surface area (Å²) in [5.41, 5.74) is 5.18. The molecule has 0 heterocycles. The highest BCUT2D eigenvalue weighted by Crippen LogP contribution is 1.85. The average molecular weight is 136 g/mol. The Hall–Kier alpha value is -0.0100. The zero-order valence-corrected chi connectivity index (χ0v) is 6.08. The molecule has 0 bridgehead atoms. The van der Waals surface area contributed by atoms with Crippen LogP contribution in [0.1, 0.15) is 19.8 Å². The Morgan fingerprint density at radius 2 is 2.00 bits per heavy atom. The van der Waals surface area contributed by atoms with Crippen molar-refractivity contribution in [1.29, 1.82) is 0 Å². The van der Waals surface area contributed by atoms with E-state index in [1.54, 1.807) is 0 Å². The molecule has 2 heteroatoms. The Balaban J connectivity index is 0. The van der Waals surface area contributed by atoms with E-state index in [-0.39, 0.29) is 12.4 Å². The summed E-state index contributed by atoms with van der Waals surface area (Å²) in [5, 5.41) is 0. The first-order chi connectivity index (χ1) is 3.41. The molecule has 0 unspecified atom stereocenters. The summed E-state index contributed by atoms with van der Waals surface area (Å²) in [6, 6.07) is 0. The fourth-order valence-electron chi connectivity index (χ4n) is 0.381. The predicted octanol–water partition coefficient (Wildman–Crippen LogP) is 1.72. The number of halogens is 1. The van der Waals surface area contributed by atoms with Gasteiger partial charge in [0.15, 0.2) is 0 Å². The van der Waals surface area contributed by atoms with Crippen molar-refractivity contribution >= 4 is 12.4 Å². The van der Waals surface area contributed by atoms with Gasteiger partial charge in [0.25, 0.3) is 0 Å². The molecular formula is C6H14ClN. The second-order valence-electron chi connectivity index (χ2n) is 1.50. The summed E-state index contributed by atoms with van der Waals surface area (Å²) >= 11 is 0. The van der Waals surface area contributed by atoms with E-state index in [2.05, 4.69) is 13.0 Å². The molecular weight excluding hydrogens is 122 g/mol. The van der Waals surface area contributed by atoms with E-state index in [0.717, 1.165) is 6.42 Å². The molecule has 0 aliphatic heterocycles. The maximum absolute atomic E-state index is 5.18. The lowest BCUT2D eigenvalue weighted by Gasteiger charge is -1.80. The third-order valence-electron chi connectivity index (χ3n) is 0.758. The van der Waals surface area contributed by atoms with Crippen LogP contribution in [0.2, 0.25) is 0 Å². The predicted molar refractivity (Wildman–Crippen MR) is 40.4 cm³/mol. The second-order valence-corrected chi connectivity index (χ2v) is 1.50. The number of unbranched alkanes of at least 4 members (excludes halogenated alkanes) is 1. The third kappa shape index (κ3) is 9.37. The Kier molecular flexibility index (Phi) is 13.7. The molecule has 0 saturated carbocycles. The highest BCUT2D eigenvalue weighted by molar-refractivity contribution is 5.85. The van der Waals surface area contributed by atoms with Gasteiger partial charge in [-0.2, -0.15) is 0 Å². The molecule has 8 heavy (non-hydrogen) atoms. The molecule has 0 spiro atoms. The molecule has 0 atom stereocenters. The van der Waals surface area contributed by atoms with Crippen molar-refractivity contribution in [3.8, 4) is 0 Å². The Bertz CT molecular complexity index is 52.5. The van der Waals surface area contributed by atoms with E-state index in [1.807, 2.05) is 6.08 Å². The Labute approximate surface area is 57.4 Å². The summed E-state index contributed by atoms with van der Waals surface area (Å²) in [6.07, 6.45) is 6.48. The van der Waals surface area contributed by atoms with E-state index in [0.29, 0.717) is 6.54 Å². The standard InChI is InChI=1S/C6H13N.ClH/c1-2-3-4-5-6-7;/h4-5H,2-3,6-7H2,1H3;1H. The van der Waals surface area contributed by atoms with Crippen molar-refractivity contribution in [1.82, 2.24) is 0 Å². The zero-order chi connectivity index (χ0) is 5.54. The van der Waals surface area contributed by atoms with E-state index in [1.165, 1.54) is 6.42 Å². The Morgan fingerprint density at radius 3 is 2.38 bits per heavy atom. The second kappa shape index (κ2) is 10.1. The highest BCUT2D eigenvalue weighted by Gasteiger charge is 1.68. The van der Waals surface area contributed by atoms with Crippen LogP contribution in [0, 0.1) is 0 Å². The number of nitrogens with two attached hydrogens (primary N) is 1. The van der Waals surface area contributed by atoms with Gasteiger partial charge < -0.3 is 5.73 Å². The fraction of sp³-hybridized carbons (Fsp3) is 0.667. The summed E-state index contributed by atoms with van der Waals surface area (Å²) in [7, 11) is 0. The molecule has 50 valence electrons. The lowest BCUT2D eigenvalue weighted by atomic mass is 10.3. The van der Waals surface area contributed by atoms with Crippen molar-refractivity contribution in [2.24, 2.45) is 5.73 Å². The van der Waals surface area contributed by atoms with Crippen molar-refractivity contribution < 1.29 is 0 Å². The zero-order valence-electron chi connectivity index (χ0n) is 5.26. The number of hydrogen-bond acceptors (Lipinski definition) is 1. The van der Waals surface area contributed by atoms with Gasteiger partial charge in [-0.15, -0.1) is 12.4 Å². The fourth-order valence-corrected chi connectivity index (χ4v) is 0.381. The third-order valence-corrected chi connectivity index (χ3v) is 0.758. The quantitative estimate of drug-likeness (QED) is 0.586. The van der Waals surface area contributed by atoms with Crippen LogP contribution in [0.3, 0.4) is 0 Å². The summed E-state index contributed by atoms with van der Waals surface area (Å²) in [4.78, 5) is 0. The Morgan fingerprint density at radius 1 is 1.38 bits per heavy atom. The summed E-state index contributed by atoms with van der Waals surface area (Å²) in [5.74, 6) is 0. The molecule has 0 amide bonds. The van der Waals surface area contributed by atoms with Crippen LogP contribution in [-0.4, -0.2) is 6.54 Å². The number of hydrogen-bond donors (Lipinski definition) is 1. The largest absolute Gasteiger partial charge is 0.327 e. The molecule has 0 fully saturated rings. The SMILES string of the molecule is CCCC=CCN.Cl. The van der Waals surface area contributed by atoms with E-state index in [4.69, 9.17) is 5.73 Å². The molecule has 1 nitrogen and oxygen atoms in total. The monoisotopic (exact) mass is 135 g/mol. The highest BCUT2D eigenvalue weighted by atomic mass is 35.5. The van der Waals surface area contributed by atoms with Crippen LogP contribution in [0.25, 0.3) is 0 Å². The summed E-state index contributed by atoms with van der Waals surface area (Å²) < 4.78 is 0. The van der Waals surface area contributed by atoms with Gasteiger partial charge in [0, 0.05) is 6.54 Å². The van der Waals surface area contributed by atoms with Crippen molar-refractivity contribution in [3.63, 3.8) is 0 Å². The topological polar surface area (TPSA) is 26.0 Å². The average Bonchev–Trinajstić information content (AvgIpc) is 1.69. The van der Waals surface area contributed by atoms with Crippen molar-refractivity contribution in [2.45, 2.75) is 19.8 Å². The van der Waals surface area contributed by atoms with Crippen LogP contribution in [0.15, 0.2) is 12.2 Å². The minimum atomic E-state index is 0. The van der Waals surface area contributed by atoms with Gasteiger partial charge in [-0.1, -0.05) is 25.5 Å². The van der Waals surface area contributed by atoms with Gasteiger partial charge in [-0.05, 0) is 6.42 Å². The van der Waals surface area contributed by atoms with Crippen LogP contribution in [0.5, 0.6) is 0 Å². The minimum absolute atomic E-state index is 0. The van der Waals surface area contributed by atoms with Crippen LogP contribution < -0.4 is 5.73 Å². The normalized spacial score (nSPS) is 9.25.